The number of nitrogens with one attached hydrogen (secondary N) is 2. The molecule has 1 atom stereocenters. The average Bonchev–Trinajstić information content (AvgIpc) is 2.46. The molecule has 1 aromatic rings. The van der Waals surface area contributed by atoms with Crippen molar-refractivity contribution >= 4 is 5.91 Å². The molecule has 4 nitrogen and oxygen atoms in total. The van der Waals surface area contributed by atoms with Crippen molar-refractivity contribution in [2.45, 2.75) is 32.9 Å². The molecule has 1 unspecified atom stereocenters. The van der Waals surface area contributed by atoms with Crippen molar-refractivity contribution in [3.05, 3.63) is 29.8 Å². The molecule has 0 heterocycles. The number of hydrogen-bond donors (Lipinski definition) is 2. The van der Waals surface area contributed by atoms with E-state index in [4.69, 9.17) is 11.2 Å². The highest BCUT2D eigenvalue weighted by atomic mass is 16.5. The van der Waals surface area contributed by atoms with E-state index in [1.54, 1.807) is 6.92 Å². The predicted molar refractivity (Wildman–Crippen MR) is 80.4 cm³/mol. The van der Waals surface area contributed by atoms with Gasteiger partial charge in [0.15, 0.2) is 6.10 Å². The normalized spacial score (nSPS) is 11.4. The maximum atomic E-state index is 11.7. The van der Waals surface area contributed by atoms with Gasteiger partial charge in [0.2, 0.25) is 0 Å². The van der Waals surface area contributed by atoms with Gasteiger partial charge in [-0.15, -0.1) is 6.42 Å². The summed E-state index contributed by atoms with van der Waals surface area (Å²) >= 11 is 0. The number of para-hydroxylation sites is 1. The topological polar surface area (TPSA) is 50.4 Å². The number of carbonyl (C=O) groups is 1. The first-order chi connectivity index (χ1) is 9.69. The van der Waals surface area contributed by atoms with E-state index in [1.807, 2.05) is 24.3 Å². The van der Waals surface area contributed by atoms with Crippen molar-refractivity contribution in [3.63, 3.8) is 0 Å². The van der Waals surface area contributed by atoms with E-state index in [0.29, 0.717) is 0 Å². The lowest BCUT2D eigenvalue weighted by Gasteiger charge is -2.17. The van der Waals surface area contributed by atoms with E-state index in [2.05, 4.69) is 23.5 Å². The van der Waals surface area contributed by atoms with Crippen LogP contribution in [0.25, 0.3) is 0 Å². The number of ether oxygens (including phenoxy) is 1. The summed E-state index contributed by atoms with van der Waals surface area (Å²) in [5, 5.41) is 5.93. The Kier molecular flexibility index (Phi) is 7.23. The number of carbonyl (C=O) groups excluding carboxylic acids is 1. The third-order valence-electron chi connectivity index (χ3n) is 2.75. The van der Waals surface area contributed by atoms with Gasteiger partial charge in [-0.1, -0.05) is 31.0 Å². The maximum Gasteiger partial charge on any atom is 0.261 e. The van der Waals surface area contributed by atoms with Crippen molar-refractivity contribution in [3.8, 4) is 18.1 Å². The van der Waals surface area contributed by atoms with Crippen LogP contribution in [0.4, 0.5) is 0 Å². The second kappa shape index (κ2) is 9.00. The monoisotopic (exact) mass is 274 g/mol. The Morgan fingerprint density at radius 3 is 2.90 bits per heavy atom. The van der Waals surface area contributed by atoms with Crippen LogP contribution in [-0.4, -0.2) is 25.1 Å². The maximum absolute atomic E-state index is 11.7. The zero-order valence-corrected chi connectivity index (χ0v) is 12.1. The summed E-state index contributed by atoms with van der Waals surface area (Å²) < 4.78 is 5.71. The van der Waals surface area contributed by atoms with Gasteiger partial charge in [-0.05, 0) is 26.0 Å². The Morgan fingerprint density at radius 1 is 1.45 bits per heavy atom. The van der Waals surface area contributed by atoms with Gasteiger partial charge in [-0.25, -0.2) is 0 Å². The van der Waals surface area contributed by atoms with E-state index in [-0.39, 0.29) is 12.5 Å². The third-order valence-corrected chi connectivity index (χ3v) is 2.75. The van der Waals surface area contributed by atoms with Gasteiger partial charge in [0.25, 0.3) is 5.91 Å². The first-order valence-electron chi connectivity index (χ1n) is 6.85. The SMILES string of the molecule is C#CCNC(=O)C(C)Oc1ccccc1CNCCC. The highest BCUT2D eigenvalue weighted by Crippen LogP contribution is 2.19. The zero-order valence-electron chi connectivity index (χ0n) is 12.1. The Hall–Kier alpha value is -1.99. The summed E-state index contributed by atoms with van der Waals surface area (Å²) in [6, 6.07) is 7.71. The van der Waals surface area contributed by atoms with Crippen LogP contribution in [0.1, 0.15) is 25.8 Å². The number of rotatable bonds is 8. The minimum absolute atomic E-state index is 0.209. The molecule has 4 heteroatoms. The molecule has 0 saturated heterocycles. The molecule has 0 bridgehead atoms. The molecule has 0 fully saturated rings. The molecular formula is C16H22N2O2. The lowest BCUT2D eigenvalue weighted by molar-refractivity contribution is -0.127. The summed E-state index contributed by atoms with van der Waals surface area (Å²) in [5.74, 6) is 2.88. The molecule has 0 aliphatic carbocycles. The second-order valence-corrected chi connectivity index (χ2v) is 4.47. The van der Waals surface area contributed by atoms with E-state index in [9.17, 15) is 4.79 Å². The highest BCUT2D eigenvalue weighted by molar-refractivity contribution is 5.80. The molecule has 0 aromatic heterocycles. The molecule has 108 valence electrons. The molecule has 20 heavy (non-hydrogen) atoms. The third kappa shape index (κ3) is 5.33. The lowest BCUT2D eigenvalue weighted by Crippen LogP contribution is -2.36. The van der Waals surface area contributed by atoms with Crippen LogP contribution >= 0.6 is 0 Å². The van der Waals surface area contributed by atoms with Crippen LogP contribution in [0.3, 0.4) is 0 Å². The van der Waals surface area contributed by atoms with Gasteiger partial charge in [0.1, 0.15) is 5.75 Å². The fraction of sp³-hybridized carbons (Fsp3) is 0.438. The van der Waals surface area contributed by atoms with E-state index < -0.39 is 6.10 Å². The van der Waals surface area contributed by atoms with Gasteiger partial charge < -0.3 is 15.4 Å². The number of hydrogen-bond acceptors (Lipinski definition) is 3. The molecular weight excluding hydrogens is 252 g/mol. The Morgan fingerprint density at radius 2 is 2.20 bits per heavy atom. The van der Waals surface area contributed by atoms with Crippen molar-refractivity contribution in [2.24, 2.45) is 0 Å². The summed E-state index contributed by atoms with van der Waals surface area (Å²) in [4.78, 5) is 11.7. The van der Waals surface area contributed by atoms with Crippen LogP contribution in [0.15, 0.2) is 24.3 Å². The molecule has 1 aromatic carbocycles. The second-order valence-electron chi connectivity index (χ2n) is 4.47. The van der Waals surface area contributed by atoms with Crippen molar-refractivity contribution in [1.82, 2.24) is 10.6 Å². The van der Waals surface area contributed by atoms with Crippen molar-refractivity contribution in [1.29, 1.82) is 0 Å². The molecule has 0 radical (unpaired) electrons. The van der Waals surface area contributed by atoms with Crippen LogP contribution in [-0.2, 0) is 11.3 Å². The van der Waals surface area contributed by atoms with Gasteiger partial charge in [-0.2, -0.15) is 0 Å². The minimum Gasteiger partial charge on any atom is -0.481 e. The highest BCUT2D eigenvalue weighted by Gasteiger charge is 2.15. The average molecular weight is 274 g/mol. The summed E-state index contributed by atoms with van der Waals surface area (Å²) in [5.41, 5.74) is 1.04. The molecule has 0 saturated carbocycles. The van der Waals surface area contributed by atoms with Gasteiger partial charge in [0, 0.05) is 12.1 Å². The molecule has 1 amide bonds. The van der Waals surface area contributed by atoms with Crippen molar-refractivity contribution < 1.29 is 9.53 Å². The molecule has 0 spiro atoms. The smallest absolute Gasteiger partial charge is 0.261 e. The van der Waals surface area contributed by atoms with Crippen LogP contribution in [0.2, 0.25) is 0 Å². The van der Waals surface area contributed by atoms with Crippen LogP contribution in [0.5, 0.6) is 5.75 Å². The summed E-state index contributed by atoms with van der Waals surface area (Å²) in [6.07, 6.45) is 5.61. The minimum atomic E-state index is -0.573. The fourth-order valence-corrected chi connectivity index (χ4v) is 1.69. The largest absolute Gasteiger partial charge is 0.481 e. The Bertz CT molecular complexity index is 466. The van der Waals surface area contributed by atoms with Gasteiger partial charge in [0.05, 0.1) is 6.54 Å². The Labute approximate surface area is 120 Å². The summed E-state index contributed by atoms with van der Waals surface area (Å²) in [7, 11) is 0. The van der Waals surface area contributed by atoms with Crippen LogP contribution < -0.4 is 15.4 Å². The number of terminal acetylenes is 1. The molecule has 2 N–H and O–H groups in total. The fourth-order valence-electron chi connectivity index (χ4n) is 1.69. The number of benzene rings is 1. The lowest BCUT2D eigenvalue weighted by atomic mass is 10.2. The summed E-state index contributed by atoms with van der Waals surface area (Å²) in [6.45, 7) is 5.72. The first-order valence-corrected chi connectivity index (χ1v) is 6.85. The van der Waals surface area contributed by atoms with Crippen molar-refractivity contribution in [2.75, 3.05) is 13.1 Å². The number of amides is 1. The van der Waals surface area contributed by atoms with Gasteiger partial charge in [-0.3, -0.25) is 4.79 Å². The molecule has 0 aliphatic rings. The molecule has 0 aliphatic heterocycles. The van der Waals surface area contributed by atoms with E-state index in [0.717, 1.165) is 30.8 Å². The van der Waals surface area contributed by atoms with Gasteiger partial charge >= 0.3 is 0 Å². The quantitative estimate of drug-likeness (QED) is 0.560. The first kappa shape index (κ1) is 16.1. The standard InChI is InChI=1S/C16H22N2O2/c1-4-10-17-12-14-8-6-7-9-15(14)20-13(3)16(19)18-11-5-2/h2,6-9,13,17H,4,10-12H2,1,3H3,(H,18,19). The molecule has 1 rings (SSSR count). The van der Waals surface area contributed by atoms with E-state index in [1.165, 1.54) is 0 Å². The van der Waals surface area contributed by atoms with Crippen LogP contribution in [0, 0.1) is 12.3 Å². The zero-order chi connectivity index (χ0) is 14.8. The van der Waals surface area contributed by atoms with E-state index >= 15 is 0 Å². The Balaban J connectivity index is 2.62. The predicted octanol–water partition coefficient (Wildman–Crippen LogP) is 1.70.